The van der Waals surface area contributed by atoms with Crippen molar-refractivity contribution in [1.82, 2.24) is 9.97 Å². The number of aromatic amines is 1. The lowest BCUT2D eigenvalue weighted by Crippen LogP contribution is -1.94. The summed E-state index contributed by atoms with van der Waals surface area (Å²) in [6, 6.07) is 4.84. The van der Waals surface area contributed by atoms with E-state index >= 15 is 0 Å². The van der Waals surface area contributed by atoms with Crippen molar-refractivity contribution in [3.63, 3.8) is 0 Å². The Morgan fingerprint density at radius 3 is 2.93 bits per heavy atom. The Balaban J connectivity index is 2.33. The van der Waals surface area contributed by atoms with E-state index in [4.69, 9.17) is 4.74 Å². The Morgan fingerprint density at radius 1 is 1.47 bits per heavy atom. The Morgan fingerprint density at radius 2 is 2.33 bits per heavy atom. The molecule has 4 heteroatoms. The van der Waals surface area contributed by atoms with Gasteiger partial charge in [-0.1, -0.05) is 0 Å². The molecule has 0 saturated heterocycles. The molecule has 2 aromatic rings. The minimum atomic E-state index is -0.357. The van der Waals surface area contributed by atoms with Gasteiger partial charge in [-0.2, -0.15) is 0 Å². The van der Waals surface area contributed by atoms with E-state index in [0.717, 1.165) is 11.3 Å². The van der Waals surface area contributed by atoms with Crippen LogP contribution in [-0.4, -0.2) is 16.6 Å². The molecule has 0 atom stereocenters. The van der Waals surface area contributed by atoms with Crippen LogP contribution in [0.15, 0.2) is 30.7 Å². The highest BCUT2D eigenvalue weighted by molar-refractivity contribution is 5.59. The molecule has 1 aromatic heterocycles. The fourth-order valence-corrected chi connectivity index (χ4v) is 1.35. The number of halogens is 1. The maximum absolute atomic E-state index is 13.5. The van der Waals surface area contributed by atoms with Gasteiger partial charge >= 0.3 is 0 Å². The molecule has 3 nitrogen and oxygen atoms in total. The fraction of sp³-hybridized carbons (Fsp3) is 0.182. The van der Waals surface area contributed by atoms with Crippen molar-refractivity contribution in [3.05, 3.63) is 36.5 Å². The summed E-state index contributed by atoms with van der Waals surface area (Å²) in [7, 11) is 0. The molecule has 1 heterocycles. The maximum atomic E-state index is 13.5. The third-order valence-corrected chi connectivity index (χ3v) is 2.04. The van der Waals surface area contributed by atoms with Gasteiger partial charge in [0.05, 0.1) is 24.8 Å². The average molecular weight is 206 g/mol. The third-order valence-electron chi connectivity index (χ3n) is 2.04. The Hall–Kier alpha value is -1.84. The van der Waals surface area contributed by atoms with Crippen LogP contribution < -0.4 is 4.74 Å². The molecule has 1 aromatic carbocycles. The fourth-order valence-electron chi connectivity index (χ4n) is 1.35. The van der Waals surface area contributed by atoms with E-state index in [9.17, 15) is 4.39 Å². The van der Waals surface area contributed by atoms with Crippen LogP contribution in [0.5, 0.6) is 5.75 Å². The molecule has 0 fully saturated rings. The van der Waals surface area contributed by atoms with E-state index in [1.165, 1.54) is 6.07 Å². The molecule has 0 aliphatic heterocycles. The van der Waals surface area contributed by atoms with Crippen LogP contribution in [-0.2, 0) is 0 Å². The molecular weight excluding hydrogens is 195 g/mol. The van der Waals surface area contributed by atoms with E-state index in [1.54, 1.807) is 24.7 Å². The van der Waals surface area contributed by atoms with Crippen molar-refractivity contribution in [2.45, 2.75) is 6.92 Å². The molecule has 0 aliphatic carbocycles. The summed E-state index contributed by atoms with van der Waals surface area (Å²) in [6.45, 7) is 2.28. The molecule has 0 radical (unpaired) electrons. The first kappa shape index (κ1) is 9.71. The molecule has 0 aliphatic rings. The van der Waals surface area contributed by atoms with Gasteiger partial charge in [-0.3, -0.25) is 0 Å². The van der Waals surface area contributed by atoms with Crippen molar-refractivity contribution in [2.75, 3.05) is 6.61 Å². The van der Waals surface area contributed by atoms with E-state index in [1.807, 2.05) is 6.92 Å². The second-order valence-corrected chi connectivity index (χ2v) is 3.04. The first-order valence-electron chi connectivity index (χ1n) is 4.72. The predicted octanol–water partition coefficient (Wildman–Crippen LogP) is 2.61. The summed E-state index contributed by atoms with van der Waals surface area (Å²) in [6.07, 6.45) is 3.21. The molecule has 2 rings (SSSR count). The second kappa shape index (κ2) is 4.13. The second-order valence-electron chi connectivity index (χ2n) is 3.04. The molecule has 1 N–H and O–H groups in total. The highest BCUT2D eigenvalue weighted by Gasteiger charge is 2.06. The highest BCUT2D eigenvalue weighted by Crippen LogP contribution is 2.23. The zero-order valence-corrected chi connectivity index (χ0v) is 8.33. The van der Waals surface area contributed by atoms with Crippen LogP contribution in [0.25, 0.3) is 11.3 Å². The number of nitrogens with zero attached hydrogens (tertiary/aromatic N) is 1. The van der Waals surface area contributed by atoms with Crippen molar-refractivity contribution in [2.24, 2.45) is 0 Å². The molecule has 15 heavy (non-hydrogen) atoms. The number of H-pyrrole nitrogens is 1. The van der Waals surface area contributed by atoms with Gasteiger partial charge in [0, 0.05) is 5.56 Å². The molecular formula is C11H11FN2O. The molecule has 0 bridgehead atoms. The number of nitrogens with one attached hydrogen (secondary N) is 1. The summed E-state index contributed by atoms with van der Waals surface area (Å²) in [5.74, 6) is -0.0790. The standard InChI is InChI=1S/C11H11FN2O/c1-2-15-11-4-3-8(5-9(11)12)10-6-13-7-14-10/h3-7H,2H2,1H3,(H,13,14). The normalized spacial score (nSPS) is 10.3. The van der Waals surface area contributed by atoms with Gasteiger partial charge in [-0.05, 0) is 25.1 Å². The van der Waals surface area contributed by atoms with Crippen molar-refractivity contribution >= 4 is 0 Å². The van der Waals surface area contributed by atoms with Crippen LogP contribution in [0.2, 0.25) is 0 Å². The number of aromatic nitrogens is 2. The van der Waals surface area contributed by atoms with E-state index < -0.39 is 0 Å². The Kier molecular flexibility index (Phi) is 2.67. The lowest BCUT2D eigenvalue weighted by Gasteiger charge is -2.05. The molecule has 0 saturated carbocycles. The summed E-state index contributed by atoms with van der Waals surface area (Å²) >= 11 is 0. The van der Waals surface area contributed by atoms with Crippen LogP contribution in [0.1, 0.15) is 6.92 Å². The number of imidazole rings is 1. The zero-order valence-electron chi connectivity index (χ0n) is 8.33. The topological polar surface area (TPSA) is 37.9 Å². The van der Waals surface area contributed by atoms with Crippen LogP contribution in [0.3, 0.4) is 0 Å². The predicted molar refractivity (Wildman–Crippen MR) is 55.2 cm³/mol. The van der Waals surface area contributed by atoms with Gasteiger partial charge in [0.1, 0.15) is 0 Å². The smallest absolute Gasteiger partial charge is 0.165 e. The Labute approximate surface area is 86.9 Å². The van der Waals surface area contributed by atoms with Gasteiger partial charge in [-0.15, -0.1) is 0 Å². The monoisotopic (exact) mass is 206 g/mol. The molecule has 0 spiro atoms. The first-order chi connectivity index (χ1) is 7.31. The van der Waals surface area contributed by atoms with Crippen LogP contribution in [0.4, 0.5) is 4.39 Å². The minimum absolute atomic E-state index is 0.278. The van der Waals surface area contributed by atoms with Crippen molar-refractivity contribution in [3.8, 4) is 17.0 Å². The van der Waals surface area contributed by atoms with Crippen LogP contribution >= 0.6 is 0 Å². The SMILES string of the molecule is CCOc1ccc(-c2cnc[nH]2)cc1F. The number of ether oxygens (including phenoxy) is 1. The summed E-state index contributed by atoms with van der Waals surface area (Å²) in [5.41, 5.74) is 1.55. The number of benzene rings is 1. The molecule has 0 unspecified atom stereocenters. The quantitative estimate of drug-likeness (QED) is 0.838. The largest absolute Gasteiger partial charge is 0.491 e. The van der Waals surface area contributed by atoms with Crippen molar-refractivity contribution in [1.29, 1.82) is 0 Å². The van der Waals surface area contributed by atoms with Gasteiger partial charge in [-0.25, -0.2) is 9.37 Å². The number of hydrogen-bond acceptors (Lipinski definition) is 2. The summed E-state index contributed by atoms with van der Waals surface area (Å²) in [5, 5.41) is 0. The van der Waals surface area contributed by atoms with Gasteiger partial charge in [0.25, 0.3) is 0 Å². The van der Waals surface area contributed by atoms with Gasteiger partial charge in [0.15, 0.2) is 11.6 Å². The molecule has 0 amide bonds. The minimum Gasteiger partial charge on any atom is -0.491 e. The number of rotatable bonds is 3. The summed E-state index contributed by atoms with van der Waals surface area (Å²) < 4.78 is 18.6. The van der Waals surface area contributed by atoms with Crippen LogP contribution in [0, 0.1) is 5.82 Å². The Bertz CT molecular complexity index is 440. The molecule has 78 valence electrons. The average Bonchev–Trinajstić information content (AvgIpc) is 2.74. The maximum Gasteiger partial charge on any atom is 0.165 e. The van der Waals surface area contributed by atoms with E-state index in [0.29, 0.717) is 6.61 Å². The zero-order chi connectivity index (χ0) is 10.7. The lowest BCUT2D eigenvalue weighted by atomic mass is 10.1. The highest BCUT2D eigenvalue weighted by atomic mass is 19.1. The van der Waals surface area contributed by atoms with Gasteiger partial charge in [0.2, 0.25) is 0 Å². The lowest BCUT2D eigenvalue weighted by molar-refractivity contribution is 0.321. The van der Waals surface area contributed by atoms with E-state index in [2.05, 4.69) is 9.97 Å². The third kappa shape index (κ3) is 1.98. The van der Waals surface area contributed by atoms with Crippen molar-refractivity contribution < 1.29 is 9.13 Å². The summed E-state index contributed by atoms with van der Waals surface area (Å²) in [4.78, 5) is 6.79. The number of hydrogen-bond donors (Lipinski definition) is 1. The van der Waals surface area contributed by atoms with E-state index in [-0.39, 0.29) is 11.6 Å². The van der Waals surface area contributed by atoms with Gasteiger partial charge < -0.3 is 9.72 Å². The first-order valence-corrected chi connectivity index (χ1v) is 4.72.